The Morgan fingerprint density at radius 2 is 1.88 bits per heavy atom. The first-order chi connectivity index (χ1) is 12.5. The molecular formula is C20H26N2O3S. The second kappa shape index (κ2) is 9.97. The summed E-state index contributed by atoms with van der Waals surface area (Å²) in [6.07, 6.45) is 0.987. The van der Waals surface area contributed by atoms with E-state index in [9.17, 15) is 9.59 Å². The van der Waals surface area contributed by atoms with E-state index in [1.54, 1.807) is 13.2 Å². The van der Waals surface area contributed by atoms with E-state index in [0.717, 1.165) is 11.3 Å². The van der Waals surface area contributed by atoms with Crippen molar-refractivity contribution in [2.45, 2.75) is 32.7 Å². The monoisotopic (exact) mass is 374 g/mol. The zero-order valence-electron chi connectivity index (χ0n) is 15.5. The molecule has 0 spiro atoms. The summed E-state index contributed by atoms with van der Waals surface area (Å²) in [6, 6.07) is 11.3. The fourth-order valence-electron chi connectivity index (χ4n) is 2.64. The number of ether oxygens (including phenoxy) is 1. The summed E-state index contributed by atoms with van der Waals surface area (Å²) in [5, 5.41) is 7.80. The lowest BCUT2D eigenvalue weighted by molar-refractivity contribution is -0.122. The Morgan fingerprint density at radius 3 is 2.46 bits per heavy atom. The van der Waals surface area contributed by atoms with Gasteiger partial charge in [0.25, 0.3) is 5.91 Å². The molecule has 2 rings (SSSR count). The number of rotatable bonds is 9. The maximum Gasteiger partial charge on any atom is 0.261 e. The normalized spacial score (nSPS) is 11.8. The molecule has 6 heteroatoms. The minimum Gasteiger partial charge on any atom is -0.497 e. The van der Waals surface area contributed by atoms with Crippen molar-refractivity contribution < 1.29 is 14.3 Å². The van der Waals surface area contributed by atoms with Crippen molar-refractivity contribution in [3.8, 4) is 5.75 Å². The molecule has 0 aliphatic heterocycles. The minimum absolute atomic E-state index is 0.00936. The van der Waals surface area contributed by atoms with E-state index < -0.39 is 0 Å². The van der Waals surface area contributed by atoms with E-state index in [4.69, 9.17) is 4.74 Å². The van der Waals surface area contributed by atoms with Gasteiger partial charge in [0.1, 0.15) is 5.75 Å². The van der Waals surface area contributed by atoms with E-state index in [1.165, 1.54) is 11.3 Å². The van der Waals surface area contributed by atoms with E-state index in [-0.39, 0.29) is 23.8 Å². The molecule has 0 bridgehead atoms. The van der Waals surface area contributed by atoms with Crippen molar-refractivity contribution in [3.63, 3.8) is 0 Å². The van der Waals surface area contributed by atoms with Crippen LogP contribution in [0.5, 0.6) is 5.75 Å². The van der Waals surface area contributed by atoms with Gasteiger partial charge >= 0.3 is 0 Å². The molecule has 2 aromatic rings. The van der Waals surface area contributed by atoms with Gasteiger partial charge in [0.15, 0.2) is 0 Å². The number of hydrogen-bond donors (Lipinski definition) is 2. The second-order valence-corrected chi connectivity index (χ2v) is 7.35. The van der Waals surface area contributed by atoms with Crippen molar-refractivity contribution in [1.29, 1.82) is 0 Å². The molecular weight excluding hydrogens is 348 g/mol. The topological polar surface area (TPSA) is 67.4 Å². The molecule has 1 atom stereocenters. The highest BCUT2D eigenvalue weighted by atomic mass is 32.1. The predicted molar refractivity (Wildman–Crippen MR) is 105 cm³/mol. The van der Waals surface area contributed by atoms with Crippen LogP contribution in [-0.4, -0.2) is 25.5 Å². The van der Waals surface area contributed by atoms with Gasteiger partial charge in [0, 0.05) is 13.0 Å². The number of amides is 2. The first-order valence-corrected chi connectivity index (χ1v) is 9.64. The number of hydrogen-bond acceptors (Lipinski definition) is 4. The molecule has 26 heavy (non-hydrogen) atoms. The maximum atomic E-state index is 12.3. The van der Waals surface area contributed by atoms with E-state index in [0.29, 0.717) is 24.3 Å². The standard InChI is InChI=1S/C20H26N2O3S/c1-14(2)19(15-8-10-16(25-3)11-9-15)22-18(23)7-4-12-21-20(24)17-6-5-13-26-17/h5-6,8-11,13-14,19H,4,7,12H2,1-3H3,(H,21,24)(H,22,23). The predicted octanol–water partition coefficient (Wildman–Crippen LogP) is 3.78. The second-order valence-electron chi connectivity index (χ2n) is 6.40. The van der Waals surface area contributed by atoms with Crippen molar-refractivity contribution >= 4 is 23.2 Å². The zero-order chi connectivity index (χ0) is 18.9. The van der Waals surface area contributed by atoms with Crippen LogP contribution in [0.2, 0.25) is 0 Å². The van der Waals surface area contributed by atoms with Crippen LogP contribution in [0.15, 0.2) is 41.8 Å². The SMILES string of the molecule is COc1ccc(C(NC(=O)CCCNC(=O)c2cccs2)C(C)C)cc1. The number of carbonyl (C=O) groups excluding carboxylic acids is 2. The minimum atomic E-state index is -0.0845. The fourth-order valence-corrected chi connectivity index (χ4v) is 3.28. The number of methoxy groups -OCH3 is 1. The number of thiophene rings is 1. The molecule has 0 radical (unpaired) electrons. The fraction of sp³-hybridized carbons (Fsp3) is 0.400. The third-order valence-electron chi connectivity index (χ3n) is 4.07. The van der Waals surface area contributed by atoms with Gasteiger partial charge in [-0.05, 0) is 41.5 Å². The smallest absolute Gasteiger partial charge is 0.261 e. The van der Waals surface area contributed by atoms with Crippen LogP contribution in [0, 0.1) is 5.92 Å². The Labute approximate surface area is 158 Å². The van der Waals surface area contributed by atoms with Gasteiger partial charge in [-0.25, -0.2) is 0 Å². The Bertz CT molecular complexity index is 696. The van der Waals surface area contributed by atoms with Crippen LogP contribution in [0.4, 0.5) is 0 Å². The summed E-state index contributed by atoms with van der Waals surface area (Å²) in [6.45, 7) is 4.64. The van der Waals surface area contributed by atoms with Gasteiger partial charge in [0.05, 0.1) is 18.0 Å². The van der Waals surface area contributed by atoms with Crippen molar-refractivity contribution in [2.75, 3.05) is 13.7 Å². The highest BCUT2D eigenvalue weighted by Crippen LogP contribution is 2.24. The summed E-state index contributed by atoms with van der Waals surface area (Å²) in [5.41, 5.74) is 1.06. The molecule has 140 valence electrons. The molecule has 2 N–H and O–H groups in total. The van der Waals surface area contributed by atoms with Gasteiger partial charge in [-0.3, -0.25) is 9.59 Å². The molecule has 2 amide bonds. The third kappa shape index (κ3) is 5.88. The van der Waals surface area contributed by atoms with Crippen molar-refractivity contribution in [2.24, 2.45) is 5.92 Å². The highest BCUT2D eigenvalue weighted by molar-refractivity contribution is 7.12. The van der Waals surface area contributed by atoms with Gasteiger partial charge in [0.2, 0.25) is 5.91 Å². The van der Waals surface area contributed by atoms with Crippen LogP contribution in [-0.2, 0) is 4.79 Å². The maximum absolute atomic E-state index is 12.3. The quantitative estimate of drug-likeness (QED) is 0.657. The van der Waals surface area contributed by atoms with Gasteiger partial charge in [-0.2, -0.15) is 0 Å². The molecule has 1 heterocycles. The molecule has 1 aromatic heterocycles. The van der Waals surface area contributed by atoms with Crippen LogP contribution in [0.25, 0.3) is 0 Å². The Hall–Kier alpha value is -2.34. The molecule has 0 aliphatic rings. The van der Waals surface area contributed by atoms with Crippen LogP contribution in [0.1, 0.15) is 48.0 Å². The highest BCUT2D eigenvalue weighted by Gasteiger charge is 2.18. The van der Waals surface area contributed by atoms with Gasteiger partial charge in [-0.1, -0.05) is 32.0 Å². The van der Waals surface area contributed by atoms with Crippen LogP contribution < -0.4 is 15.4 Å². The van der Waals surface area contributed by atoms with Gasteiger partial charge in [-0.15, -0.1) is 11.3 Å². The molecule has 0 saturated heterocycles. The number of benzene rings is 1. The van der Waals surface area contributed by atoms with E-state index >= 15 is 0 Å². The summed E-state index contributed by atoms with van der Waals surface area (Å²) >= 11 is 1.41. The lowest BCUT2D eigenvalue weighted by Gasteiger charge is -2.23. The summed E-state index contributed by atoms with van der Waals surface area (Å²) in [4.78, 5) is 24.8. The molecule has 0 fully saturated rings. The molecule has 1 unspecified atom stereocenters. The van der Waals surface area contributed by atoms with Crippen molar-refractivity contribution in [3.05, 3.63) is 52.2 Å². The lowest BCUT2D eigenvalue weighted by atomic mass is 9.95. The Balaban J connectivity index is 1.79. The van der Waals surface area contributed by atoms with Crippen molar-refractivity contribution in [1.82, 2.24) is 10.6 Å². The zero-order valence-corrected chi connectivity index (χ0v) is 16.3. The van der Waals surface area contributed by atoms with Gasteiger partial charge < -0.3 is 15.4 Å². The lowest BCUT2D eigenvalue weighted by Crippen LogP contribution is -2.32. The summed E-state index contributed by atoms with van der Waals surface area (Å²) in [5.74, 6) is 0.971. The van der Waals surface area contributed by atoms with Crippen LogP contribution >= 0.6 is 11.3 Å². The van der Waals surface area contributed by atoms with Crippen LogP contribution in [0.3, 0.4) is 0 Å². The average Bonchev–Trinajstić information content (AvgIpc) is 3.18. The van der Waals surface area contributed by atoms with E-state index in [2.05, 4.69) is 24.5 Å². The first-order valence-electron chi connectivity index (χ1n) is 8.76. The largest absolute Gasteiger partial charge is 0.497 e. The molecule has 0 saturated carbocycles. The Kier molecular flexibility index (Phi) is 7.66. The number of carbonyl (C=O) groups is 2. The Morgan fingerprint density at radius 1 is 1.15 bits per heavy atom. The average molecular weight is 375 g/mol. The molecule has 5 nitrogen and oxygen atoms in total. The first kappa shape index (κ1) is 20.0. The number of nitrogens with one attached hydrogen (secondary N) is 2. The third-order valence-corrected chi connectivity index (χ3v) is 4.94. The summed E-state index contributed by atoms with van der Waals surface area (Å²) < 4.78 is 5.18. The molecule has 1 aromatic carbocycles. The van der Waals surface area contributed by atoms with E-state index in [1.807, 2.05) is 35.7 Å². The summed E-state index contributed by atoms with van der Waals surface area (Å²) in [7, 11) is 1.63. The molecule has 0 aliphatic carbocycles.